The molecule has 8 nitrogen and oxygen atoms in total. The predicted molar refractivity (Wildman–Crippen MR) is 127 cm³/mol. The van der Waals surface area contributed by atoms with Crippen molar-refractivity contribution in [2.24, 2.45) is 0 Å². The highest BCUT2D eigenvalue weighted by molar-refractivity contribution is 6.46. The van der Waals surface area contributed by atoms with Crippen LogP contribution in [0, 0.1) is 0 Å². The molecule has 1 heterocycles. The normalized spacial score (nSPS) is 17.4. The van der Waals surface area contributed by atoms with Crippen molar-refractivity contribution in [3.63, 3.8) is 0 Å². The molecule has 3 rings (SSSR count). The molecule has 2 aromatic carbocycles. The third kappa shape index (κ3) is 5.17. The zero-order valence-electron chi connectivity index (χ0n) is 20.2. The van der Waals surface area contributed by atoms with Crippen LogP contribution in [-0.2, 0) is 14.3 Å². The second kappa shape index (κ2) is 11.1. The van der Waals surface area contributed by atoms with Gasteiger partial charge in [-0.3, -0.25) is 9.59 Å². The van der Waals surface area contributed by atoms with E-state index in [2.05, 4.69) is 0 Å². The number of nitrogens with zero attached hydrogens (tertiary/aromatic N) is 1. The van der Waals surface area contributed by atoms with Gasteiger partial charge in [-0.25, -0.2) is 0 Å². The van der Waals surface area contributed by atoms with E-state index in [1.54, 1.807) is 49.6 Å². The molecule has 0 spiro atoms. The molecule has 182 valence electrons. The first-order chi connectivity index (χ1) is 16.3. The van der Waals surface area contributed by atoms with Crippen LogP contribution in [-0.4, -0.2) is 62.3 Å². The van der Waals surface area contributed by atoms with Gasteiger partial charge in [0.15, 0.2) is 0 Å². The molecule has 1 unspecified atom stereocenters. The van der Waals surface area contributed by atoms with Gasteiger partial charge in [-0.2, -0.15) is 0 Å². The quantitative estimate of drug-likeness (QED) is 0.244. The fourth-order valence-corrected chi connectivity index (χ4v) is 3.99. The van der Waals surface area contributed by atoms with Gasteiger partial charge >= 0.3 is 0 Å². The standard InChI is InChI=1S/C26H31NO7/c1-16(2)34-18-9-7-17(8-10-18)24(28)22-23(20-15-19(32-4)11-12-21(20)33-5)27(13-6-14-31-3)26(30)25(22)29/h7-12,15-16,23,28H,6,13-14H2,1-5H3. The Morgan fingerprint density at radius 1 is 1.00 bits per heavy atom. The number of hydrogen-bond donors (Lipinski definition) is 1. The number of rotatable bonds is 10. The summed E-state index contributed by atoms with van der Waals surface area (Å²) in [6, 6.07) is 11.0. The summed E-state index contributed by atoms with van der Waals surface area (Å²) in [7, 11) is 4.61. The van der Waals surface area contributed by atoms with Crippen LogP contribution in [0.15, 0.2) is 48.0 Å². The van der Waals surface area contributed by atoms with Crippen molar-refractivity contribution in [3.05, 3.63) is 59.2 Å². The lowest BCUT2D eigenvalue weighted by Crippen LogP contribution is -2.31. The highest BCUT2D eigenvalue weighted by atomic mass is 16.5. The Labute approximate surface area is 199 Å². The predicted octanol–water partition coefficient (Wildman–Crippen LogP) is 3.95. The molecule has 8 heteroatoms. The third-order valence-electron chi connectivity index (χ3n) is 5.52. The number of carbonyl (C=O) groups excluding carboxylic acids is 2. The number of carbonyl (C=O) groups is 2. The second-order valence-electron chi connectivity index (χ2n) is 8.14. The van der Waals surface area contributed by atoms with E-state index < -0.39 is 17.7 Å². The van der Waals surface area contributed by atoms with Crippen molar-refractivity contribution >= 4 is 17.4 Å². The molecular formula is C26H31NO7. The molecule has 1 aliphatic heterocycles. The van der Waals surface area contributed by atoms with Gasteiger partial charge in [0.1, 0.15) is 23.0 Å². The van der Waals surface area contributed by atoms with E-state index in [9.17, 15) is 14.7 Å². The van der Waals surface area contributed by atoms with Crippen molar-refractivity contribution in [1.82, 2.24) is 4.90 Å². The first kappa shape index (κ1) is 25.1. The molecule has 1 saturated heterocycles. The Balaban J connectivity index is 2.15. The van der Waals surface area contributed by atoms with E-state index in [4.69, 9.17) is 18.9 Å². The average Bonchev–Trinajstić information content (AvgIpc) is 3.08. The molecule has 2 aromatic rings. The number of amides is 1. The zero-order valence-corrected chi connectivity index (χ0v) is 20.2. The lowest BCUT2D eigenvalue weighted by atomic mass is 9.94. The fraction of sp³-hybridized carbons (Fsp3) is 0.385. The molecule has 0 aliphatic carbocycles. The number of ether oxygens (including phenoxy) is 4. The lowest BCUT2D eigenvalue weighted by Gasteiger charge is -2.27. The fourth-order valence-electron chi connectivity index (χ4n) is 3.99. The molecule has 1 N–H and O–H groups in total. The van der Waals surface area contributed by atoms with Crippen molar-refractivity contribution in [2.45, 2.75) is 32.4 Å². The number of Topliss-reactive ketones (excluding diaryl/α,β-unsaturated/α-hetero) is 1. The molecule has 1 fully saturated rings. The van der Waals surface area contributed by atoms with E-state index >= 15 is 0 Å². The van der Waals surface area contributed by atoms with Gasteiger partial charge in [0, 0.05) is 31.4 Å². The van der Waals surface area contributed by atoms with Crippen LogP contribution in [0.1, 0.15) is 37.4 Å². The van der Waals surface area contributed by atoms with Crippen LogP contribution < -0.4 is 14.2 Å². The number of likely N-dealkylation sites (tertiary alicyclic amines) is 1. The number of benzene rings is 2. The summed E-state index contributed by atoms with van der Waals surface area (Å²) < 4.78 is 21.7. The smallest absolute Gasteiger partial charge is 0.295 e. The maximum Gasteiger partial charge on any atom is 0.295 e. The first-order valence-corrected chi connectivity index (χ1v) is 11.1. The van der Waals surface area contributed by atoms with Gasteiger partial charge in [0.2, 0.25) is 0 Å². The van der Waals surface area contributed by atoms with E-state index in [0.29, 0.717) is 41.4 Å². The lowest BCUT2D eigenvalue weighted by molar-refractivity contribution is -0.140. The van der Waals surface area contributed by atoms with Gasteiger partial charge in [-0.1, -0.05) is 0 Å². The van der Waals surface area contributed by atoms with Crippen LogP contribution in [0.4, 0.5) is 0 Å². The summed E-state index contributed by atoms with van der Waals surface area (Å²) in [6.07, 6.45) is 0.519. The minimum Gasteiger partial charge on any atom is -0.507 e. The summed E-state index contributed by atoms with van der Waals surface area (Å²) in [5.74, 6) is -0.0692. The molecule has 0 radical (unpaired) electrons. The number of aliphatic hydroxyl groups is 1. The zero-order chi connectivity index (χ0) is 24.8. The van der Waals surface area contributed by atoms with Gasteiger partial charge in [0.05, 0.1) is 31.9 Å². The maximum atomic E-state index is 13.2. The van der Waals surface area contributed by atoms with E-state index in [-0.39, 0.29) is 24.0 Å². The van der Waals surface area contributed by atoms with Crippen molar-refractivity contribution in [2.75, 3.05) is 34.5 Å². The number of aliphatic hydroxyl groups excluding tert-OH is 1. The Hall–Kier alpha value is -3.52. The average molecular weight is 470 g/mol. The SMILES string of the molecule is COCCCN1C(=O)C(=O)C(=C(O)c2ccc(OC(C)C)cc2)C1c1cc(OC)ccc1OC. The van der Waals surface area contributed by atoms with Crippen molar-refractivity contribution in [3.8, 4) is 17.2 Å². The topological polar surface area (TPSA) is 94.5 Å². The summed E-state index contributed by atoms with van der Waals surface area (Å²) in [5.41, 5.74) is 0.934. The van der Waals surface area contributed by atoms with Crippen LogP contribution >= 0.6 is 0 Å². The second-order valence-corrected chi connectivity index (χ2v) is 8.14. The van der Waals surface area contributed by atoms with E-state index in [1.165, 1.54) is 19.1 Å². The van der Waals surface area contributed by atoms with Gasteiger partial charge < -0.3 is 29.0 Å². The molecule has 0 saturated carbocycles. The molecule has 1 amide bonds. The molecule has 34 heavy (non-hydrogen) atoms. The van der Waals surface area contributed by atoms with Gasteiger partial charge in [-0.15, -0.1) is 0 Å². The highest BCUT2D eigenvalue weighted by Gasteiger charge is 2.47. The first-order valence-electron chi connectivity index (χ1n) is 11.1. The Morgan fingerprint density at radius 3 is 2.26 bits per heavy atom. The number of ketones is 1. The van der Waals surface area contributed by atoms with Crippen molar-refractivity contribution in [1.29, 1.82) is 0 Å². The number of methoxy groups -OCH3 is 3. The Kier molecular flexibility index (Phi) is 8.17. The monoisotopic (exact) mass is 469 g/mol. The number of hydrogen-bond acceptors (Lipinski definition) is 7. The minimum atomic E-state index is -0.853. The summed E-state index contributed by atoms with van der Waals surface area (Å²) in [6.45, 7) is 4.52. The summed E-state index contributed by atoms with van der Waals surface area (Å²) >= 11 is 0. The molecule has 1 atom stereocenters. The van der Waals surface area contributed by atoms with Crippen LogP contribution in [0.25, 0.3) is 5.76 Å². The van der Waals surface area contributed by atoms with Crippen LogP contribution in [0.5, 0.6) is 17.2 Å². The van der Waals surface area contributed by atoms with E-state index in [1.807, 2.05) is 13.8 Å². The minimum absolute atomic E-state index is 0.00241. The summed E-state index contributed by atoms with van der Waals surface area (Å²) in [4.78, 5) is 27.7. The molecule has 0 aromatic heterocycles. The largest absolute Gasteiger partial charge is 0.507 e. The maximum absolute atomic E-state index is 13.2. The van der Waals surface area contributed by atoms with Crippen LogP contribution in [0.3, 0.4) is 0 Å². The van der Waals surface area contributed by atoms with E-state index in [0.717, 1.165) is 0 Å². The Morgan fingerprint density at radius 2 is 1.68 bits per heavy atom. The van der Waals surface area contributed by atoms with Crippen LogP contribution in [0.2, 0.25) is 0 Å². The third-order valence-corrected chi connectivity index (χ3v) is 5.52. The van der Waals surface area contributed by atoms with Gasteiger partial charge in [0.25, 0.3) is 11.7 Å². The Bertz CT molecular complexity index is 1060. The summed E-state index contributed by atoms with van der Waals surface area (Å²) in [5, 5.41) is 11.2. The molecule has 1 aliphatic rings. The highest BCUT2D eigenvalue weighted by Crippen LogP contribution is 2.44. The molecule has 0 bridgehead atoms. The van der Waals surface area contributed by atoms with Gasteiger partial charge in [-0.05, 0) is 62.7 Å². The van der Waals surface area contributed by atoms with Crippen molar-refractivity contribution < 1.29 is 33.6 Å². The molecular weight excluding hydrogens is 438 g/mol.